The molecular weight excluding hydrogens is 230 g/mol. The lowest BCUT2D eigenvalue weighted by Gasteiger charge is -2.20. The number of nitrogens with one attached hydrogen (secondary N) is 1. The summed E-state index contributed by atoms with van der Waals surface area (Å²) in [5.74, 6) is 1.45. The SMILES string of the molecule is CCC(CC)CNC(CCl)Cc1ccccc1. The molecule has 0 bridgehead atoms. The number of benzene rings is 1. The Labute approximate surface area is 111 Å². The standard InChI is InChI=1S/C15H24ClN/c1-3-13(4-2)12-17-15(11-16)10-14-8-6-5-7-9-14/h5-9,13,15,17H,3-4,10-12H2,1-2H3. The highest BCUT2D eigenvalue weighted by Crippen LogP contribution is 2.08. The van der Waals surface area contributed by atoms with Crippen molar-refractivity contribution in [2.45, 2.75) is 39.2 Å². The minimum atomic E-state index is 0.389. The highest BCUT2D eigenvalue weighted by atomic mass is 35.5. The van der Waals surface area contributed by atoms with E-state index in [9.17, 15) is 0 Å². The van der Waals surface area contributed by atoms with E-state index in [1.54, 1.807) is 0 Å². The van der Waals surface area contributed by atoms with E-state index in [1.165, 1.54) is 18.4 Å². The summed E-state index contributed by atoms with van der Waals surface area (Å²) in [5, 5.41) is 3.59. The van der Waals surface area contributed by atoms with Crippen LogP contribution in [0.15, 0.2) is 30.3 Å². The van der Waals surface area contributed by atoms with E-state index in [0.717, 1.165) is 18.9 Å². The summed E-state index contributed by atoms with van der Waals surface area (Å²) >= 11 is 6.02. The van der Waals surface area contributed by atoms with E-state index in [0.29, 0.717) is 11.9 Å². The van der Waals surface area contributed by atoms with Crippen LogP contribution in [0.25, 0.3) is 0 Å². The minimum Gasteiger partial charge on any atom is -0.312 e. The second-order valence-electron chi connectivity index (χ2n) is 4.63. The number of rotatable bonds is 8. The molecule has 0 aliphatic carbocycles. The first kappa shape index (κ1) is 14.5. The molecule has 1 aromatic carbocycles. The van der Waals surface area contributed by atoms with Gasteiger partial charge in [-0.25, -0.2) is 0 Å². The van der Waals surface area contributed by atoms with Crippen molar-refractivity contribution in [2.24, 2.45) is 5.92 Å². The highest BCUT2D eigenvalue weighted by molar-refractivity contribution is 6.18. The van der Waals surface area contributed by atoms with Gasteiger partial charge < -0.3 is 5.32 Å². The van der Waals surface area contributed by atoms with E-state index >= 15 is 0 Å². The Bertz CT molecular complexity index is 282. The van der Waals surface area contributed by atoms with Crippen LogP contribution in [0.3, 0.4) is 0 Å². The molecule has 0 heterocycles. The van der Waals surface area contributed by atoms with Gasteiger partial charge in [0.25, 0.3) is 0 Å². The topological polar surface area (TPSA) is 12.0 Å². The number of hydrogen-bond acceptors (Lipinski definition) is 1. The van der Waals surface area contributed by atoms with Crippen LogP contribution in [0, 0.1) is 5.92 Å². The molecule has 2 heteroatoms. The molecule has 0 spiro atoms. The fourth-order valence-corrected chi connectivity index (χ4v) is 2.21. The maximum atomic E-state index is 6.02. The van der Waals surface area contributed by atoms with Crippen LogP contribution < -0.4 is 5.32 Å². The van der Waals surface area contributed by atoms with Crippen molar-refractivity contribution < 1.29 is 0 Å². The van der Waals surface area contributed by atoms with E-state index in [-0.39, 0.29) is 0 Å². The zero-order valence-corrected chi connectivity index (χ0v) is 11.7. The molecule has 0 fully saturated rings. The van der Waals surface area contributed by atoms with Crippen molar-refractivity contribution in [3.05, 3.63) is 35.9 Å². The zero-order valence-electron chi connectivity index (χ0n) is 11.0. The van der Waals surface area contributed by atoms with Gasteiger partial charge in [0.2, 0.25) is 0 Å². The van der Waals surface area contributed by atoms with Crippen molar-refractivity contribution in [2.75, 3.05) is 12.4 Å². The minimum absolute atomic E-state index is 0.389. The normalized spacial score (nSPS) is 12.9. The van der Waals surface area contributed by atoms with Gasteiger partial charge in [0.1, 0.15) is 0 Å². The molecule has 1 nitrogen and oxygen atoms in total. The maximum absolute atomic E-state index is 6.02. The fraction of sp³-hybridized carbons (Fsp3) is 0.600. The van der Waals surface area contributed by atoms with Gasteiger partial charge in [-0.2, -0.15) is 0 Å². The van der Waals surface area contributed by atoms with Crippen LogP contribution in [-0.4, -0.2) is 18.5 Å². The molecule has 0 aliphatic heterocycles. The average molecular weight is 254 g/mol. The molecule has 1 N–H and O–H groups in total. The van der Waals surface area contributed by atoms with Crippen molar-refractivity contribution in [1.29, 1.82) is 0 Å². The number of hydrogen-bond donors (Lipinski definition) is 1. The van der Waals surface area contributed by atoms with Crippen LogP contribution in [0.2, 0.25) is 0 Å². The van der Waals surface area contributed by atoms with Crippen molar-refractivity contribution in [3.63, 3.8) is 0 Å². The Morgan fingerprint density at radius 1 is 1.12 bits per heavy atom. The third-order valence-corrected chi connectivity index (χ3v) is 3.73. The van der Waals surface area contributed by atoms with E-state index < -0.39 is 0 Å². The van der Waals surface area contributed by atoms with Gasteiger partial charge >= 0.3 is 0 Å². The Hall–Kier alpha value is -0.530. The van der Waals surface area contributed by atoms with Crippen LogP contribution >= 0.6 is 11.6 Å². The molecule has 0 aliphatic rings. The largest absolute Gasteiger partial charge is 0.312 e. The molecule has 1 unspecified atom stereocenters. The highest BCUT2D eigenvalue weighted by Gasteiger charge is 2.10. The van der Waals surface area contributed by atoms with Gasteiger partial charge in [0.05, 0.1) is 0 Å². The molecule has 0 saturated carbocycles. The predicted octanol–water partition coefficient (Wildman–Crippen LogP) is 3.86. The summed E-state index contributed by atoms with van der Waals surface area (Å²) < 4.78 is 0. The fourth-order valence-electron chi connectivity index (χ4n) is 1.99. The Morgan fingerprint density at radius 3 is 2.29 bits per heavy atom. The van der Waals surface area contributed by atoms with Crippen molar-refractivity contribution >= 4 is 11.6 Å². The lowest BCUT2D eigenvalue weighted by molar-refractivity contribution is 0.418. The smallest absolute Gasteiger partial charge is 0.0380 e. The Balaban J connectivity index is 2.38. The van der Waals surface area contributed by atoms with Crippen LogP contribution in [-0.2, 0) is 6.42 Å². The van der Waals surface area contributed by atoms with Gasteiger partial charge in [0, 0.05) is 11.9 Å². The maximum Gasteiger partial charge on any atom is 0.0380 e. The summed E-state index contributed by atoms with van der Waals surface area (Å²) in [4.78, 5) is 0. The van der Waals surface area contributed by atoms with Crippen molar-refractivity contribution in [1.82, 2.24) is 5.32 Å². The zero-order chi connectivity index (χ0) is 12.5. The monoisotopic (exact) mass is 253 g/mol. The Kier molecular flexibility index (Phi) is 7.30. The first-order valence-electron chi connectivity index (χ1n) is 6.63. The number of halogens is 1. The van der Waals surface area contributed by atoms with Gasteiger partial charge in [-0.3, -0.25) is 0 Å². The van der Waals surface area contributed by atoms with Crippen LogP contribution in [0.4, 0.5) is 0 Å². The number of alkyl halides is 1. The van der Waals surface area contributed by atoms with E-state index in [4.69, 9.17) is 11.6 Å². The third kappa shape index (κ3) is 5.56. The molecule has 0 radical (unpaired) electrons. The van der Waals surface area contributed by atoms with E-state index in [2.05, 4.69) is 49.5 Å². The molecule has 17 heavy (non-hydrogen) atoms. The molecule has 0 aromatic heterocycles. The van der Waals surface area contributed by atoms with Gasteiger partial charge in [-0.05, 0) is 24.4 Å². The second kappa shape index (κ2) is 8.54. The van der Waals surface area contributed by atoms with Gasteiger partial charge in [-0.15, -0.1) is 11.6 Å². The Morgan fingerprint density at radius 2 is 1.76 bits per heavy atom. The second-order valence-corrected chi connectivity index (χ2v) is 4.94. The molecule has 1 atom stereocenters. The molecule has 0 saturated heterocycles. The predicted molar refractivity (Wildman–Crippen MR) is 76.7 cm³/mol. The van der Waals surface area contributed by atoms with Crippen molar-refractivity contribution in [3.8, 4) is 0 Å². The first-order valence-corrected chi connectivity index (χ1v) is 7.16. The third-order valence-electron chi connectivity index (χ3n) is 3.36. The van der Waals surface area contributed by atoms with Crippen LogP contribution in [0.5, 0.6) is 0 Å². The van der Waals surface area contributed by atoms with Gasteiger partial charge in [0.15, 0.2) is 0 Å². The molecule has 96 valence electrons. The molecular formula is C15H24ClN. The summed E-state index contributed by atoms with van der Waals surface area (Å²) in [6.07, 6.45) is 3.50. The quantitative estimate of drug-likeness (QED) is 0.694. The summed E-state index contributed by atoms with van der Waals surface area (Å²) in [6, 6.07) is 10.9. The van der Waals surface area contributed by atoms with E-state index in [1.807, 2.05) is 0 Å². The summed E-state index contributed by atoms with van der Waals surface area (Å²) in [7, 11) is 0. The van der Waals surface area contributed by atoms with Gasteiger partial charge in [-0.1, -0.05) is 57.0 Å². The molecule has 0 amide bonds. The lowest BCUT2D eigenvalue weighted by Crippen LogP contribution is -2.36. The molecule has 1 rings (SSSR count). The van der Waals surface area contributed by atoms with Crippen LogP contribution in [0.1, 0.15) is 32.3 Å². The molecule has 1 aromatic rings. The first-order chi connectivity index (χ1) is 8.30. The average Bonchev–Trinajstić information content (AvgIpc) is 2.39. The summed E-state index contributed by atoms with van der Waals surface area (Å²) in [5.41, 5.74) is 1.36. The lowest BCUT2D eigenvalue weighted by atomic mass is 10.0. The summed E-state index contributed by atoms with van der Waals surface area (Å²) in [6.45, 7) is 5.59.